The third-order valence-electron chi connectivity index (χ3n) is 5.84. The largest absolute Gasteiger partial charge is 0.488 e. The van der Waals surface area contributed by atoms with E-state index in [1.54, 1.807) is 48.5 Å². The van der Waals surface area contributed by atoms with Gasteiger partial charge in [0.2, 0.25) is 0 Å². The van der Waals surface area contributed by atoms with Crippen LogP contribution in [0.25, 0.3) is 0 Å². The van der Waals surface area contributed by atoms with Crippen LogP contribution >= 0.6 is 0 Å². The molecule has 0 unspecified atom stereocenters. The summed E-state index contributed by atoms with van der Waals surface area (Å²) >= 11 is 0. The molecule has 0 aliphatic carbocycles. The van der Waals surface area contributed by atoms with Crippen LogP contribution in [-0.2, 0) is 27.4 Å². The van der Waals surface area contributed by atoms with Gasteiger partial charge >= 0.3 is 0 Å². The zero-order valence-corrected chi connectivity index (χ0v) is 21.7. The number of ether oxygens (including phenoxy) is 7. The van der Waals surface area contributed by atoms with Crippen LogP contribution in [0.5, 0.6) is 23.0 Å². The van der Waals surface area contributed by atoms with E-state index in [0.29, 0.717) is 87.0 Å². The first-order valence-corrected chi connectivity index (χ1v) is 12.8. The fourth-order valence-corrected chi connectivity index (χ4v) is 3.83. The van der Waals surface area contributed by atoms with E-state index in [-0.39, 0.29) is 13.2 Å². The van der Waals surface area contributed by atoms with Gasteiger partial charge in [0, 0.05) is 0 Å². The van der Waals surface area contributed by atoms with Crippen molar-refractivity contribution in [1.29, 1.82) is 0 Å². The first-order chi connectivity index (χ1) is 19.3. The number of carbonyl (C=O) groups excluding carboxylic acids is 2. The summed E-state index contributed by atoms with van der Waals surface area (Å²) in [5.74, 6) is 1.96. The van der Waals surface area contributed by atoms with E-state index < -0.39 is 0 Å². The number of benzene rings is 3. The predicted molar refractivity (Wildman–Crippen MR) is 142 cm³/mol. The molecule has 1 aliphatic rings. The fourth-order valence-electron chi connectivity index (χ4n) is 3.83. The SMILES string of the molecule is O=Cc1ccccc1OCc1cc2c(cc1COc1ccccc1C=O)OCCOCCOCCOCCO2. The molecule has 0 amide bonds. The van der Waals surface area contributed by atoms with Crippen molar-refractivity contribution in [2.45, 2.75) is 13.2 Å². The molecule has 0 atom stereocenters. The summed E-state index contributed by atoms with van der Waals surface area (Å²) in [6.07, 6.45) is 1.51. The van der Waals surface area contributed by atoms with Crippen molar-refractivity contribution < 1.29 is 42.7 Å². The highest BCUT2D eigenvalue weighted by atomic mass is 16.6. The highest BCUT2D eigenvalue weighted by Gasteiger charge is 2.16. The average Bonchev–Trinajstić information content (AvgIpc) is 2.98. The second-order valence-corrected chi connectivity index (χ2v) is 8.49. The van der Waals surface area contributed by atoms with Crippen LogP contribution < -0.4 is 18.9 Å². The monoisotopic (exact) mass is 536 g/mol. The Bertz CT molecular complexity index is 1120. The molecule has 9 nitrogen and oxygen atoms in total. The predicted octanol–water partition coefficient (Wildman–Crippen LogP) is 4.29. The second-order valence-electron chi connectivity index (χ2n) is 8.49. The van der Waals surface area contributed by atoms with Gasteiger partial charge in [-0.05, 0) is 47.5 Å². The first kappa shape index (κ1) is 28.1. The standard InChI is InChI=1S/C30H32O9/c31-19-23-5-1-3-7-27(23)38-21-25-17-29-30(18-26(25)22-39-28-8-4-2-6-24(28)20-32)37-16-14-35-12-10-33-9-11-34-13-15-36-29/h1-8,17-20H,9-16,21-22H2. The molecule has 0 bridgehead atoms. The van der Waals surface area contributed by atoms with E-state index >= 15 is 0 Å². The summed E-state index contributed by atoms with van der Waals surface area (Å²) in [7, 11) is 0. The molecule has 39 heavy (non-hydrogen) atoms. The molecule has 4 rings (SSSR count). The van der Waals surface area contributed by atoms with Crippen LogP contribution in [0.1, 0.15) is 31.8 Å². The quantitative estimate of drug-likeness (QED) is 0.391. The zero-order valence-electron chi connectivity index (χ0n) is 21.7. The van der Waals surface area contributed by atoms with Crippen LogP contribution in [-0.4, -0.2) is 65.4 Å². The highest BCUT2D eigenvalue weighted by Crippen LogP contribution is 2.33. The van der Waals surface area contributed by atoms with Gasteiger partial charge < -0.3 is 33.2 Å². The minimum absolute atomic E-state index is 0.145. The van der Waals surface area contributed by atoms with Crippen molar-refractivity contribution in [2.24, 2.45) is 0 Å². The van der Waals surface area contributed by atoms with Crippen molar-refractivity contribution in [3.63, 3.8) is 0 Å². The molecule has 1 aliphatic heterocycles. The van der Waals surface area contributed by atoms with Gasteiger partial charge in [-0.1, -0.05) is 24.3 Å². The van der Waals surface area contributed by atoms with E-state index in [4.69, 9.17) is 33.2 Å². The van der Waals surface area contributed by atoms with E-state index in [2.05, 4.69) is 0 Å². The van der Waals surface area contributed by atoms with Crippen molar-refractivity contribution in [3.8, 4) is 23.0 Å². The summed E-state index contributed by atoms with van der Waals surface area (Å²) in [4.78, 5) is 22.9. The third-order valence-corrected chi connectivity index (χ3v) is 5.84. The van der Waals surface area contributed by atoms with Gasteiger partial charge in [0.15, 0.2) is 24.1 Å². The maximum Gasteiger partial charge on any atom is 0.161 e. The van der Waals surface area contributed by atoms with Gasteiger partial charge in [0.05, 0.1) is 50.8 Å². The minimum Gasteiger partial charge on any atom is -0.488 e. The smallest absolute Gasteiger partial charge is 0.161 e. The Labute approximate surface area is 227 Å². The molecular formula is C30H32O9. The molecule has 1 heterocycles. The van der Waals surface area contributed by atoms with Crippen LogP contribution in [0.4, 0.5) is 0 Å². The third kappa shape index (κ3) is 8.54. The molecule has 0 saturated heterocycles. The van der Waals surface area contributed by atoms with Crippen LogP contribution in [0.15, 0.2) is 60.7 Å². The minimum atomic E-state index is 0.145. The van der Waals surface area contributed by atoms with E-state index in [1.807, 2.05) is 12.1 Å². The maximum atomic E-state index is 11.5. The number of fused-ring (bicyclic) bond motifs is 1. The zero-order chi connectivity index (χ0) is 27.1. The molecule has 9 heteroatoms. The van der Waals surface area contributed by atoms with Crippen molar-refractivity contribution in [2.75, 3.05) is 52.9 Å². The molecule has 0 fully saturated rings. The van der Waals surface area contributed by atoms with Gasteiger partial charge in [0.25, 0.3) is 0 Å². The summed E-state index contributed by atoms with van der Waals surface area (Å²) < 4.78 is 40.7. The number of hydrogen-bond donors (Lipinski definition) is 0. The lowest BCUT2D eigenvalue weighted by Gasteiger charge is -2.19. The Morgan fingerprint density at radius 3 is 1.36 bits per heavy atom. The number of aldehydes is 2. The molecule has 0 N–H and O–H groups in total. The number of hydrogen-bond acceptors (Lipinski definition) is 9. The lowest BCUT2D eigenvalue weighted by molar-refractivity contribution is 0.00708. The maximum absolute atomic E-state index is 11.5. The summed E-state index contributed by atoms with van der Waals surface area (Å²) in [5.41, 5.74) is 2.44. The highest BCUT2D eigenvalue weighted by molar-refractivity contribution is 5.79. The van der Waals surface area contributed by atoms with Crippen LogP contribution in [0, 0.1) is 0 Å². The van der Waals surface area contributed by atoms with Crippen LogP contribution in [0.2, 0.25) is 0 Å². The lowest BCUT2D eigenvalue weighted by Crippen LogP contribution is -2.13. The molecule has 206 valence electrons. The molecule has 0 saturated carbocycles. The fraction of sp³-hybridized carbons (Fsp3) is 0.333. The molecular weight excluding hydrogens is 504 g/mol. The molecule has 0 radical (unpaired) electrons. The number of rotatable bonds is 8. The van der Waals surface area contributed by atoms with E-state index in [1.165, 1.54) is 0 Å². The second kappa shape index (κ2) is 15.5. The van der Waals surface area contributed by atoms with Gasteiger partial charge in [-0.15, -0.1) is 0 Å². The Hall–Kier alpha value is -3.92. The topological polar surface area (TPSA) is 98.8 Å². The molecule has 3 aromatic rings. The van der Waals surface area contributed by atoms with Gasteiger partial charge in [-0.2, -0.15) is 0 Å². The number of para-hydroxylation sites is 2. The number of carbonyl (C=O) groups is 2. The Morgan fingerprint density at radius 1 is 0.564 bits per heavy atom. The summed E-state index contributed by atoms with van der Waals surface area (Å²) in [6, 6.07) is 17.7. The van der Waals surface area contributed by atoms with Crippen molar-refractivity contribution in [1.82, 2.24) is 0 Å². The lowest BCUT2D eigenvalue weighted by atomic mass is 10.1. The Kier molecular flexibility index (Phi) is 11.2. The molecule has 0 aromatic heterocycles. The molecule has 3 aromatic carbocycles. The first-order valence-electron chi connectivity index (χ1n) is 12.8. The molecule has 0 spiro atoms. The van der Waals surface area contributed by atoms with Crippen molar-refractivity contribution >= 4 is 12.6 Å². The van der Waals surface area contributed by atoms with E-state index in [9.17, 15) is 9.59 Å². The van der Waals surface area contributed by atoms with E-state index in [0.717, 1.165) is 23.7 Å². The Morgan fingerprint density at radius 2 is 0.949 bits per heavy atom. The van der Waals surface area contributed by atoms with Gasteiger partial charge in [-0.25, -0.2) is 0 Å². The van der Waals surface area contributed by atoms with Gasteiger partial charge in [-0.3, -0.25) is 9.59 Å². The van der Waals surface area contributed by atoms with Crippen molar-refractivity contribution in [3.05, 3.63) is 82.9 Å². The van der Waals surface area contributed by atoms with Gasteiger partial charge in [0.1, 0.15) is 37.9 Å². The summed E-state index contributed by atoms with van der Waals surface area (Å²) in [5, 5.41) is 0. The summed E-state index contributed by atoms with van der Waals surface area (Å²) in [6.45, 7) is 3.55. The Balaban J connectivity index is 1.60. The average molecular weight is 537 g/mol. The van der Waals surface area contributed by atoms with Crippen LogP contribution in [0.3, 0.4) is 0 Å². The normalized spacial score (nSPS) is 14.9.